The van der Waals surface area contributed by atoms with Gasteiger partial charge in [-0.25, -0.2) is 14.9 Å². The molecule has 0 aliphatic heterocycles. The maximum absolute atomic E-state index is 11.5. The number of H-pyrrole nitrogens is 1. The van der Waals surface area contributed by atoms with Crippen molar-refractivity contribution in [3.05, 3.63) is 28.0 Å². The average Bonchev–Trinajstić information content (AvgIpc) is 2.62. The number of nitrogens with one attached hydrogen (secondary N) is 1. The van der Waals surface area contributed by atoms with Crippen molar-refractivity contribution >= 4 is 23.4 Å². The van der Waals surface area contributed by atoms with E-state index in [1.165, 1.54) is 18.0 Å². The molecule has 0 saturated carbocycles. The van der Waals surface area contributed by atoms with Gasteiger partial charge in [-0.3, -0.25) is 9.55 Å². The lowest BCUT2D eigenvalue weighted by Gasteiger charge is -2.02. The van der Waals surface area contributed by atoms with Gasteiger partial charge in [0.05, 0.1) is 12.4 Å². The number of rotatable bonds is 4. The van der Waals surface area contributed by atoms with Gasteiger partial charge in [0, 0.05) is 6.54 Å². The van der Waals surface area contributed by atoms with E-state index >= 15 is 0 Å². The molecule has 0 saturated heterocycles. The van der Waals surface area contributed by atoms with Crippen molar-refractivity contribution in [2.45, 2.75) is 30.1 Å². The third kappa shape index (κ3) is 2.86. The van der Waals surface area contributed by atoms with Crippen LogP contribution in [-0.4, -0.2) is 24.7 Å². The van der Waals surface area contributed by atoms with Gasteiger partial charge in [0.1, 0.15) is 10.2 Å². The van der Waals surface area contributed by atoms with Crippen LogP contribution in [0.3, 0.4) is 0 Å². The Labute approximate surface area is 106 Å². The average molecular weight is 272 g/mol. The lowest BCUT2D eigenvalue weighted by molar-refractivity contribution is 0.603. The van der Waals surface area contributed by atoms with Crippen LogP contribution < -0.4 is 5.69 Å². The Hall–Kier alpha value is -1.34. The summed E-state index contributed by atoms with van der Waals surface area (Å²) in [6.45, 7) is 2.61. The van der Waals surface area contributed by atoms with E-state index in [0.717, 1.165) is 6.42 Å². The summed E-state index contributed by atoms with van der Waals surface area (Å²) in [7, 11) is 0. The monoisotopic (exact) mass is 271 g/mol. The molecule has 0 aromatic carbocycles. The Bertz CT molecular complexity index is 567. The van der Waals surface area contributed by atoms with Crippen molar-refractivity contribution < 1.29 is 0 Å². The molecule has 0 radical (unpaired) electrons. The number of aromatic nitrogens is 5. The van der Waals surface area contributed by atoms with Gasteiger partial charge in [-0.05, 0) is 18.2 Å². The van der Waals surface area contributed by atoms with E-state index in [1.807, 2.05) is 6.92 Å². The molecule has 2 aromatic rings. The second kappa shape index (κ2) is 5.33. The maximum Gasteiger partial charge on any atom is 0.343 e. The Morgan fingerprint density at radius 3 is 3.06 bits per heavy atom. The first kappa shape index (κ1) is 12.1. The first-order valence-corrected chi connectivity index (χ1v) is 6.20. The van der Waals surface area contributed by atoms with Crippen LogP contribution in [0.15, 0.2) is 27.4 Å². The summed E-state index contributed by atoms with van der Waals surface area (Å²) in [5, 5.41) is 7.83. The molecule has 17 heavy (non-hydrogen) atoms. The molecule has 0 bridgehead atoms. The number of halogens is 1. The summed E-state index contributed by atoms with van der Waals surface area (Å²) in [5.41, 5.74) is -0.218. The van der Waals surface area contributed by atoms with E-state index in [0.29, 0.717) is 21.9 Å². The van der Waals surface area contributed by atoms with Crippen LogP contribution in [0.2, 0.25) is 5.15 Å². The topological polar surface area (TPSA) is 76.5 Å². The molecule has 2 heterocycles. The first-order valence-electron chi connectivity index (χ1n) is 5.01. The van der Waals surface area contributed by atoms with Gasteiger partial charge in [-0.15, -0.1) is 5.10 Å². The SMILES string of the molecule is CCCn1c(Sc2cncc(Cl)n2)n[nH]c1=O. The van der Waals surface area contributed by atoms with Crippen LogP contribution in [0, 0.1) is 0 Å². The highest BCUT2D eigenvalue weighted by Gasteiger charge is 2.10. The fraction of sp³-hybridized carbons (Fsp3) is 0.333. The lowest BCUT2D eigenvalue weighted by atomic mass is 10.5. The lowest BCUT2D eigenvalue weighted by Crippen LogP contribution is -2.17. The molecule has 2 rings (SSSR count). The van der Waals surface area contributed by atoms with Gasteiger partial charge in [-0.2, -0.15) is 0 Å². The molecule has 0 aliphatic carbocycles. The van der Waals surface area contributed by atoms with Crippen LogP contribution in [0.5, 0.6) is 0 Å². The molecule has 0 fully saturated rings. The van der Waals surface area contributed by atoms with E-state index in [-0.39, 0.29) is 5.69 Å². The highest BCUT2D eigenvalue weighted by atomic mass is 35.5. The molecule has 90 valence electrons. The fourth-order valence-corrected chi connectivity index (χ4v) is 2.29. The molecular weight excluding hydrogens is 262 g/mol. The van der Waals surface area contributed by atoms with Crippen molar-refractivity contribution in [1.82, 2.24) is 24.7 Å². The van der Waals surface area contributed by atoms with E-state index in [2.05, 4.69) is 20.2 Å². The van der Waals surface area contributed by atoms with Gasteiger partial charge in [0.15, 0.2) is 5.16 Å². The quantitative estimate of drug-likeness (QED) is 0.913. The zero-order valence-electron chi connectivity index (χ0n) is 9.05. The zero-order valence-corrected chi connectivity index (χ0v) is 10.6. The van der Waals surface area contributed by atoms with E-state index in [4.69, 9.17) is 11.6 Å². The van der Waals surface area contributed by atoms with Gasteiger partial charge < -0.3 is 0 Å². The Kier molecular flexibility index (Phi) is 3.80. The second-order valence-corrected chi connectivity index (χ2v) is 4.62. The molecule has 8 heteroatoms. The minimum absolute atomic E-state index is 0.218. The zero-order chi connectivity index (χ0) is 12.3. The number of aromatic amines is 1. The summed E-state index contributed by atoms with van der Waals surface area (Å²) in [5.74, 6) is 0. The van der Waals surface area contributed by atoms with Crippen LogP contribution >= 0.6 is 23.4 Å². The van der Waals surface area contributed by atoms with Crippen molar-refractivity contribution in [2.75, 3.05) is 0 Å². The van der Waals surface area contributed by atoms with Crippen LogP contribution in [-0.2, 0) is 6.54 Å². The summed E-state index contributed by atoms with van der Waals surface area (Å²) in [4.78, 5) is 19.5. The molecule has 0 amide bonds. The van der Waals surface area contributed by atoms with Crippen LogP contribution in [0.1, 0.15) is 13.3 Å². The van der Waals surface area contributed by atoms with Gasteiger partial charge >= 0.3 is 5.69 Å². The predicted molar refractivity (Wildman–Crippen MR) is 64.3 cm³/mol. The molecule has 0 aliphatic rings. The smallest absolute Gasteiger partial charge is 0.270 e. The molecule has 0 unspecified atom stereocenters. The van der Waals surface area contributed by atoms with E-state index in [1.54, 1.807) is 10.8 Å². The molecule has 0 spiro atoms. The van der Waals surface area contributed by atoms with Gasteiger partial charge in [0.2, 0.25) is 0 Å². The van der Waals surface area contributed by atoms with Crippen molar-refractivity contribution in [3.8, 4) is 0 Å². The molecular formula is C9H10ClN5OS. The first-order chi connectivity index (χ1) is 8.20. The van der Waals surface area contributed by atoms with Crippen molar-refractivity contribution in [1.29, 1.82) is 0 Å². The summed E-state index contributed by atoms with van der Waals surface area (Å²) < 4.78 is 1.56. The van der Waals surface area contributed by atoms with E-state index < -0.39 is 0 Å². The maximum atomic E-state index is 11.5. The van der Waals surface area contributed by atoms with Crippen LogP contribution in [0.4, 0.5) is 0 Å². The predicted octanol–water partition coefficient (Wildman–Crippen LogP) is 1.58. The minimum atomic E-state index is -0.218. The van der Waals surface area contributed by atoms with E-state index in [9.17, 15) is 4.79 Å². The number of hydrogen-bond donors (Lipinski definition) is 1. The summed E-state index contributed by atoms with van der Waals surface area (Å²) in [6.07, 6.45) is 3.88. The third-order valence-corrected chi connectivity index (χ3v) is 3.03. The highest BCUT2D eigenvalue weighted by molar-refractivity contribution is 7.99. The Morgan fingerprint density at radius 1 is 1.53 bits per heavy atom. The Morgan fingerprint density at radius 2 is 2.35 bits per heavy atom. The largest absolute Gasteiger partial charge is 0.343 e. The third-order valence-electron chi connectivity index (χ3n) is 1.95. The summed E-state index contributed by atoms with van der Waals surface area (Å²) in [6, 6.07) is 0. The second-order valence-electron chi connectivity index (χ2n) is 3.25. The normalized spacial score (nSPS) is 10.7. The molecule has 1 N–H and O–H groups in total. The molecule has 0 atom stereocenters. The number of nitrogens with zero attached hydrogens (tertiary/aromatic N) is 4. The Balaban J connectivity index is 2.27. The molecule has 6 nitrogen and oxygen atoms in total. The highest BCUT2D eigenvalue weighted by Crippen LogP contribution is 2.23. The van der Waals surface area contributed by atoms with Gasteiger partial charge in [0.25, 0.3) is 0 Å². The standard InChI is InChI=1S/C9H10ClN5OS/c1-2-3-15-8(16)13-14-9(15)17-7-5-11-4-6(10)12-7/h4-5H,2-3H2,1H3,(H,13,16). The van der Waals surface area contributed by atoms with Crippen molar-refractivity contribution in [2.24, 2.45) is 0 Å². The molecule has 2 aromatic heterocycles. The summed E-state index contributed by atoms with van der Waals surface area (Å²) >= 11 is 6.99. The van der Waals surface area contributed by atoms with Gasteiger partial charge in [-0.1, -0.05) is 18.5 Å². The van der Waals surface area contributed by atoms with Crippen LogP contribution in [0.25, 0.3) is 0 Å². The van der Waals surface area contributed by atoms with Crippen molar-refractivity contribution in [3.63, 3.8) is 0 Å². The minimum Gasteiger partial charge on any atom is -0.270 e. The fourth-order valence-electron chi connectivity index (χ4n) is 1.27. The number of hydrogen-bond acceptors (Lipinski definition) is 5.